The van der Waals surface area contributed by atoms with Crippen LogP contribution in [0.2, 0.25) is 0 Å². The molecule has 1 unspecified atom stereocenters. The molecule has 1 aliphatic heterocycles. The van der Waals surface area contributed by atoms with E-state index in [1.165, 1.54) is 0 Å². The van der Waals surface area contributed by atoms with Gasteiger partial charge in [-0.1, -0.05) is 74.5 Å². The number of aromatic nitrogens is 1. The molecule has 0 aliphatic carbocycles. The molecule has 170 valence electrons. The Balaban J connectivity index is 1.63. The lowest BCUT2D eigenvalue weighted by Gasteiger charge is -2.30. The maximum Gasteiger partial charge on any atom is 0.228 e. The Kier molecular flexibility index (Phi) is 6.87. The molecule has 2 heterocycles. The molecule has 0 radical (unpaired) electrons. The normalized spacial score (nSPS) is 17.8. The number of benzene rings is 2. The molecule has 5 heteroatoms. The molecule has 0 bridgehead atoms. The van der Waals surface area contributed by atoms with E-state index in [1.54, 1.807) is 6.20 Å². The predicted molar refractivity (Wildman–Crippen MR) is 130 cm³/mol. The van der Waals surface area contributed by atoms with Gasteiger partial charge < -0.3 is 10.2 Å². The van der Waals surface area contributed by atoms with Crippen LogP contribution in [-0.4, -0.2) is 34.8 Å². The second-order valence-corrected chi connectivity index (χ2v) is 9.19. The van der Waals surface area contributed by atoms with E-state index in [2.05, 4.69) is 22.4 Å². The standard InChI is InChI=1S/C28H31N3O2/c1-21(2)26(32)31-16-14-28(20-31,27(33)30-18-22-9-4-3-5-10-22)17-23-11-6-7-13-25(23)24-12-8-15-29-19-24/h3-13,15,19,21H,14,16-18,20H2,1-2H3,(H,30,33). The van der Waals surface area contributed by atoms with Crippen molar-refractivity contribution in [1.82, 2.24) is 15.2 Å². The summed E-state index contributed by atoms with van der Waals surface area (Å²) in [5, 5.41) is 3.16. The van der Waals surface area contributed by atoms with Gasteiger partial charge in [-0.15, -0.1) is 0 Å². The lowest BCUT2D eigenvalue weighted by Crippen LogP contribution is -2.45. The van der Waals surface area contributed by atoms with Crippen molar-refractivity contribution in [1.29, 1.82) is 0 Å². The molecular formula is C28H31N3O2. The van der Waals surface area contributed by atoms with Crippen molar-refractivity contribution < 1.29 is 9.59 Å². The van der Waals surface area contributed by atoms with Crippen LogP contribution in [0.3, 0.4) is 0 Å². The first kappa shape index (κ1) is 22.7. The highest BCUT2D eigenvalue weighted by atomic mass is 16.2. The second kappa shape index (κ2) is 9.99. The van der Waals surface area contributed by atoms with Crippen LogP contribution in [-0.2, 0) is 22.6 Å². The average molecular weight is 442 g/mol. The molecular weight excluding hydrogens is 410 g/mol. The van der Waals surface area contributed by atoms with Crippen molar-refractivity contribution in [2.24, 2.45) is 11.3 Å². The fourth-order valence-corrected chi connectivity index (χ4v) is 4.64. The summed E-state index contributed by atoms with van der Waals surface area (Å²) in [6.45, 7) is 5.34. The SMILES string of the molecule is CC(C)C(=O)N1CCC(Cc2ccccc2-c2cccnc2)(C(=O)NCc2ccccc2)C1. The first-order chi connectivity index (χ1) is 16.0. The number of amides is 2. The van der Waals surface area contributed by atoms with Gasteiger partial charge in [0, 0.05) is 43.5 Å². The predicted octanol–water partition coefficient (Wildman–Crippen LogP) is 4.48. The molecule has 0 saturated carbocycles. The molecule has 1 atom stereocenters. The summed E-state index contributed by atoms with van der Waals surface area (Å²) in [7, 11) is 0. The lowest BCUT2D eigenvalue weighted by molar-refractivity contribution is -0.135. The molecule has 1 N–H and O–H groups in total. The van der Waals surface area contributed by atoms with E-state index in [1.807, 2.05) is 79.5 Å². The smallest absolute Gasteiger partial charge is 0.228 e. The van der Waals surface area contributed by atoms with Gasteiger partial charge >= 0.3 is 0 Å². The number of carbonyl (C=O) groups excluding carboxylic acids is 2. The van der Waals surface area contributed by atoms with Gasteiger partial charge in [-0.3, -0.25) is 14.6 Å². The van der Waals surface area contributed by atoms with Crippen LogP contribution in [0.25, 0.3) is 11.1 Å². The molecule has 4 rings (SSSR count). The van der Waals surface area contributed by atoms with Gasteiger partial charge in [0.2, 0.25) is 11.8 Å². The number of hydrogen-bond acceptors (Lipinski definition) is 3. The lowest BCUT2D eigenvalue weighted by atomic mass is 9.78. The van der Waals surface area contributed by atoms with Gasteiger partial charge in [0.15, 0.2) is 0 Å². The number of carbonyl (C=O) groups is 2. The summed E-state index contributed by atoms with van der Waals surface area (Å²) in [5.41, 5.74) is 3.59. The van der Waals surface area contributed by atoms with Crippen molar-refractivity contribution in [2.45, 2.75) is 33.2 Å². The molecule has 33 heavy (non-hydrogen) atoms. The van der Waals surface area contributed by atoms with Crippen molar-refractivity contribution in [3.63, 3.8) is 0 Å². The fraction of sp³-hybridized carbons (Fsp3) is 0.321. The zero-order chi connectivity index (χ0) is 23.3. The summed E-state index contributed by atoms with van der Waals surface area (Å²) < 4.78 is 0. The van der Waals surface area contributed by atoms with Gasteiger partial charge in [0.25, 0.3) is 0 Å². The van der Waals surface area contributed by atoms with E-state index in [0.717, 1.165) is 22.3 Å². The van der Waals surface area contributed by atoms with Crippen molar-refractivity contribution in [3.05, 3.63) is 90.3 Å². The van der Waals surface area contributed by atoms with Crippen LogP contribution in [0.5, 0.6) is 0 Å². The van der Waals surface area contributed by atoms with E-state index in [-0.39, 0.29) is 17.7 Å². The number of nitrogens with one attached hydrogen (secondary N) is 1. The van der Waals surface area contributed by atoms with Gasteiger partial charge in [-0.05, 0) is 35.6 Å². The van der Waals surface area contributed by atoms with Gasteiger partial charge in [0.1, 0.15) is 0 Å². The number of rotatable bonds is 7. The maximum absolute atomic E-state index is 13.7. The number of nitrogens with zero attached hydrogens (tertiary/aromatic N) is 2. The highest BCUT2D eigenvalue weighted by Crippen LogP contribution is 2.38. The van der Waals surface area contributed by atoms with Crippen molar-refractivity contribution >= 4 is 11.8 Å². The van der Waals surface area contributed by atoms with Crippen LogP contribution >= 0.6 is 0 Å². The summed E-state index contributed by atoms with van der Waals surface area (Å²) in [6, 6.07) is 22.1. The third kappa shape index (κ3) is 5.14. The Morgan fingerprint density at radius 1 is 1.03 bits per heavy atom. The second-order valence-electron chi connectivity index (χ2n) is 9.19. The summed E-state index contributed by atoms with van der Waals surface area (Å²) in [4.78, 5) is 32.6. The molecule has 1 aromatic heterocycles. The van der Waals surface area contributed by atoms with Gasteiger partial charge in [0.05, 0.1) is 5.41 Å². The fourth-order valence-electron chi connectivity index (χ4n) is 4.64. The maximum atomic E-state index is 13.7. The van der Waals surface area contributed by atoms with Crippen LogP contribution in [0.15, 0.2) is 79.1 Å². The molecule has 2 aromatic carbocycles. The third-order valence-corrected chi connectivity index (χ3v) is 6.46. The zero-order valence-electron chi connectivity index (χ0n) is 19.3. The van der Waals surface area contributed by atoms with E-state index in [4.69, 9.17) is 0 Å². The highest BCUT2D eigenvalue weighted by Gasteiger charge is 2.46. The first-order valence-electron chi connectivity index (χ1n) is 11.6. The highest BCUT2D eigenvalue weighted by molar-refractivity contribution is 5.86. The summed E-state index contributed by atoms with van der Waals surface area (Å²) >= 11 is 0. The molecule has 1 fully saturated rings. The minimum absolute atomic E-state index is 0.00592. The van der Waals surface area contributed by atoms with Crippen LogP contribution in [0.1, 0.15) is 31.4 Å². The van der Waals surface area contributed by atoms with E-state index >= 15 is 0 Å². The van der Waals surface area contributed by atoms with Gasteiger partial charge in [-0.25, -0.2) is 0 Å². The molecule has 1 saturated heterocycles. The Hall–Kier alpha value is -3.47. The molecule has 0 spiro atoms. The van der Waals surface area contributed by atoms with Crippen LogP contribution in [0.4, 0.5) is 0 Å². The molecule has 1 aliphatic rings. The van der Waals surface area contributed by atoms with Gasteiger partial charge in [-0.2, -0.15) is 0 Å². The molecule has 5 nitrogen and oxygen atoms in total. The molecule has 2 amide bonds. The third-order valence-electron chi connectivity index (χ3n) is 6.46. The van der Waals surface area contributed by atoms with Crippen LogP contribution < -0.4 is 5.32 Å². The topological polar surface area (TPSA) is 62.3 Å². The summed E-state index contributed by atoms with van der Waals surface area (Å²) in [5.74, 6) is 0.0236. The number of hydrogen-bond donors (Lipinski definition) is 1. The largest absolute Gasteiger partial charge is 0.351 e. The quantitative estimate of drug-likeness (QED) is 0.588. The Morgan fingerprint density at radius 2 is 1.79 bits per heavy atom. The zero-order valence-corrected chi connectivity index (χ0v) is 19.3. The van der Waals surface area contributed by atoms with Crippen molar-refractivity contribution in [3.8, 4) is 11.1 Å². The van der Waals surface area contributed by atoms with E-state index < -0.39 is 5.41 Å². The van der Waals surface area contributed by atoms with E-state index in [0.29, 0.717) is 32.5 Å². The number of pyridine rings is 1. The first-order valence-corrected chi connectivity index (χ1v) is 11.6. The number of likely N-dealkylation sites (tertiary alicyclic amines) is 1. The van der Waals surface area contributed by atoms with E-state index in [9.17, 15) is 9.59 Å². The molecule has 3 aromatic rings. The minimum atomic E-state index is -0.669. The summed E-state index contributed by atoms with van der Waals surface area (Å²) in [6.07, 6.45) is 4.83. The van der Waals surface area contributed by atoms with Crippen LogP contribution in [0, 0.1) is 11.3 Å². The van der Waals surface area contributed by atoms with Crippen molar-refractivity contribution in [2.75, 3.05) is 13.1 Å². The Bertz CT molecular complexity index is 1100. The monoisotopic (exact) mass is 441 g/mol. The minimum Gasteiger partial charge on any atom is -0.351 e. The Morgan fingerprint density at radius 3 is 2.52 bits per heavy atom. The average Bonchev–Trinajstić information content (AvgIpc) is 3.28. The Labute approximate surface area is 195 Å².